The Balaban J connectivity index is 2.21. The Labute approximate surface area is 84.4 Å². The van der Waals surface area contributed by atoms with Crippen LogP contribution in [0.3, 0.4) is 0 Å². The summed E-state index contributed by atoms with van der Waals surface area (Å²) in [5, 5.41) is 11.7. The van der Waals surface area contributed by atoms with Crippen LogP contribution in [-0.2, 0) is 0 Å². The second-order valence-corrected chi connectivity index (χ2v) is 3.62. The highest BCUT2D eigenvalue weighted by molar-refractivity contribution is 7.12. The third-order valence-corrected chi connectivity index (χ3v) is 2.64. The third kappa shape index (κ3) is 1.51. The first-order valence-electron chi connectivity index (χ1n) is 3.97. The largest absolute Gasteiger partial charge is 0.292 e. The van der Waals surface area contributed by atoms with E-state index in [0.29, 0.717) is 10.7 Å². The van der Waals surface area contributed by atoms with Crippen LogP contribution in [0.25, 0.3) is 0 Å². The Morgan fingerprint density at radius 2 is 2.50 bits per heavy atom. The molecule has 0 fully saturated rings. The van der Waals surface area contributed by atoms with Crippen molar-refractivity contribution >= 4 is 23.1 Å². The van der Waals surface area contributed by atoms with E-state index < -0.39 is 0 Å². The lowest BCUT2D eigenvalue weighted by Gasteiger charge is -2.11. The van der Waals surface area contributed by atoms with Gasteiger partial charge in [-0.15, -0.1) is 16.4 Å². The molecule has 0 aliphatic carbocycles. The maximum absolute atomic E-state index is 11.8. The number of hydrogen-bond acceptors (Lipinski definition) is 4. The molecule has 0 saturated carbocycles. The maximum atomic E-state index is 11.8. The van der Waals surface area contributed by atoms with Crippen molar-refractivity contribution in [2.24, 2.45) is 0 Å². The van der Waals surface area contributed by atoms with Crippen molar-refractivity contribution in [1.29, 1.82) is 0 Å². The van der Waals surface area contributed by atoms with Crippen molar-refractivity contribution in [3.05, 3.63) is 28.6 Å². The van der Waals surface area contributed by atoms with E-state index in [4.69, 9.17) is 0 Å². The Bertz CT molecular complexity index is 408. The number of aromatic amines is 1. The van der Waals surface area contributed by atoms with Gasteiger partial charge in [-0.1, -0.05) is 11.3 Å². The molecule has 0 aliphatic rings. The van der Waals surface area contributed by atoms with Gasteiger partial charge in [-0.2, -0.15) is 0 Å². The molecule has 5 nitrogen and oxygen atoms in total. The summed E-state index contributed by atoms with van der Waals surface area (Å²) in [4.78, 5) is 13.9. The summed E-state index contributed by atoms with van der Waals surface area (Å²) in [6.45, 7) is 0. The summed E-state index contributed by atoms with van der Waals surface area (Å²) in [6, 6.07) is 3.62. The van der Waals surface area contributed by atoms with Crippen LogP contribution < -0.4 is 4.90 Å². The molecular weight excluding hydrogens is 200 g/mol. The van der Waals surface area contributed by atoms with Crippen LogP contribution in [0, 0.1) is 0 Å². The van der Waals surface area contributed by atoms with E-state index in [9.17, 15) is 4.79 Å². The molecule has 2 heterocycles. The monoisotopic (exact) mass is 208 g/mol. The molecule has 0 radical (unpaired) electrons. The summed E-state index contributed by atoms with van der Waals surface area (Å²) in [5.74, 6) is 0.442. The minimum atomic E-state index is -0.0751. The predicted octanol–water partition coefficient (Wildman–Crippen LogP) is 1.14. The molecule has 2 aromatic heterocycles. The normalized spacial score (nSPS) is 10.1. The second kappa shape index (κ2) is 3.59. The van der Waals surface area contributed by atoms with Crippen molar-refractivity contribution in [2.45, 2.75) is 0 Å². The average Bonchev–Trinajstić information content (AvgIpc) is 2.87. The van der Waals surface area contributed by atoms with Gasteiger partial charge in [0.25, 0.3) is 5.91 Å². The van der Waals surface area contributed by atoms with Crippen LogP contribution in [0.5, 0.6) is 0 Å². The number of carbonyl (C=O) groups excluding carboxylic acids is 1. The van der Waals surface area contributed by atoms with Gasteiger partial charge in [0.15, 0.2) is 5.82 Å². The fraction of sp³-hybridized carbons (Fsp3) is 0.125. The number of nitrogens with zero attached hydrogens (tertiary/aromatic N) is 3. The molecule has 14 heavy (non-hydrogen) atoms. The molecule has 0 saturated heterocycles. The van der Waals surface area contributed by atoms with Gasteiger partial charge in [-0.3, -0.25) is 14.8 Å². The summed E-state index contributed by atoms with van der Waals surface area (Å²) in [5.41, 5.74) is 0. The maximum Gasteiger partial charge on any atom is 0.269 e. The molecule has 0 aromatic carbocycles. The predicted molar refractivity (Wildman–Crippen MR) is 53.4 cm³/mol. The van der Waals surface area contributed by atoms with Crippen molar-refractivity contribution in [1.82, 2.24) is 15.4 Å². The molecule has 0 atom stereocenters. The van der Waals surface area contributed by atoms with Crippen LogP contribution in [0.15, 0.2) is 23.7 Å². The summed E-state index contributed by atoms with van der Waals surface area (Å²) in [6.07, 6.45) is 1.57. The number of thiophene rings is 1. The van der Waals surface area contributed by atoms with E-state index in [-0.39, 0.29) is 5.91 Å². The second-order valence-electron chi connectivity index (χ2n) is 2.67. The quantitative estimate of drug-likeness (QED) is 0.805. The first-order valence-corrected chi connectivity index (χ1v) is 4.85. The van der Waals surface area contributed by atoms with Gasteiger partial charge in [-0.05, 0) is 11.4 Å². The Morgan fingerprint density at radius 3 is 3.07 bits per heavy atom. The van der Waals surface area contributed by atoms with Crippen LogP contribution in [0.4, 0.5) is 5.82 Å². The zero-order valence-electron chi connectivity index (χ0n) is 7.47. The standard InChI is InChI=1S/C8H8N4OS/c1-12(7-5-9-11-10-7)8(13)6-3-2-4-14-6/h2-5H,1H3,(H,9,10,11). The number of H-pyrrole nitrogens is 1. The number of carbonyl (C=O) groups is 1. The molecule has 6 heteroatoms. The molecule has 1 N–H and O–H groups in total. The lowest BCUT2D eigenvalue weighted by Crippen LogP contribution is -2.25. The molecule has 1 amide bonds. The fourth-order valence-electron chi connectivity index (χ4n) is 1.03. The van der Waals surface area contributed by atoms with E-state index in [1.165, 1.54) is 16.2 Å². The van der Waals surface area contributed by atoms with Gasteiger partial charge in [0, 0.05) is 7.05 Å². The molecule has 0 spiro atoms. The SMILES string of the molecule is CN(C(=O)c1cccs1)c1c[nH]nn1. The summed E-state index contributed by atoms with van der Waals surface area (Å²) in [7, 11) is 1.67. The number of rotatable bonds is 2. The Morgan fingerprint density at radius 1 is 1.64 bits per heavy atom. The smallest absolute Gasteiger partial charge is 0.269 e. The lowest BCUT2D eigenvalue weighted by molar-refractivity contribution is 0.0996. The van der Waals surface area contributed by atoms with Crippen molar-refractivity contribution in [3.63, 3.8) is 0 Å². The summed E-state index contributed by atoms with van der Waals surface area (Å²) < 4.78 is 0. The van der Waals surface area contributed by atoms with Crippen molar-refractivity contribution < 1.29 is 4.79 Å². The van der Waals surface area contributed by atoms with Gasteiger partial charge in [0.1, 0.15) is 0 Å². The number of amides is 1. The molecule has 72 valence electrons. The van der Waals surface area contributed by atoms with Gasteiger partial charge < -0.3 is 0 Å². The molecular formula is C8H8N4OS. The van der Waals surface area contributed by atoms with Gasteiger partial charge in [0.2, 0.25) is 0 Å². The number of anilines is 1. The van der Waals surface area contributed by atoms with Crippen LogP contribution in [0.1, 0.15) is 9.67 Å². The first kappa shape index (κ1) is 8.89. The van der Waals surface area contributed by atoms with Crippen LogP contribution >= 0.6 is 11.3 Å². The molecule has 2 rings (SSSR count). The zero-order chi connectivity index (χ0) is 9.97. The Kier molecular flexibility index (Phi) is 2.28. The molecule has 2 aromatic rings. The number of hydrogen-bond donors (Lipinski definition) is 1. The highest BCUT2D eigenvalue weighted by Gasteiger charge is 2.15. The van der Waals surface area contributed by atoms with Gasteiger partial charge in [0.05, 0.1) is 11.1 Å². The first-order chi connectivity index (χ1) is 6.79. The highest BCUT2D eigenvalue weighted by Crippen LogP contribution is 2.14. The summed E-state index contributed by atoms with van der Waals surface area (Å²) >= 11 is 1.41. The fourth-order valence-corrected chi connectivity index (χ4v) is 1.73. The van der Waals surface area contributed by atoms with Crippen molar-refractivity contribution in [3.8, 4) is 0 Å². The van der Waals surface area contributed by atoms with Crippen LogP contribution in [0.2, 0.25) is 0 Å². The molecule has 0 unspecified atom stereocenters. The van der Waals surface area contributed by atoms with Gasteiger partial charge >= 0.3 is 0 Å². The lowest BCUT2D eigenvalue weighted by atomic mass is 10.4. The topological polar surface area (TPSA) is 61.9 Å². The number of nitrogens with one attached hydrogen (secondary N) is 1. The van der Waals surface area contributed by atoms with E-state index in [1.807, 2.05) is 11.4 Å². The molecule has 0 aliphatic heterocycles. The van der Waals surface area contributed by atoms with Gasteiger partial charge in [-0.25, -0.2) is 0 Å². The van der Waals surface area contributed by atoms with E-state index >= 15 is 0 Å². The minimum absolute atomic E-state index is 0.0751. The Hall–Kier alpha value is -1.69. The van der Waals surface area contributed by atoms with E-state index in [2.05, 4.69) is 15.4 Å². The minimum Gasteiger partial charge on any atom is -0.292 e. The molecule has 0 bridgehead atoms. The van der Waals surface area contributed by atoms with E-state index in [0.717, 1.165) is 0 Å². The average molecular weight is 208 g/mol. The third-order valence-electron chi connectivity index (χ3n) is 1.78. The van der Waals surface area contributed by atoms with E-state index in [1.54, 1.807) is 19.3 Å². The van der Waals surface area contributed by atoms with Crippen molar-refractivity contribution in [2.75, 3.05) is 11.9 Å². The zero-order valence-corrected chi connectivity index (χ0v) is 8.28. The number of aromatic nitrogens is 3. The van der Waals surface area contributed by atoms with Crippen LogP contribution in [-0.4, -0.2) is 28.4 Å². The highest BCUT2D eigenvalue weighted by atomic mass is 32.1.